The Morgan fingerprint density at radius 1 is 0.938 bits per heavy atom. The number of hydrogen-bond acceptors (Lipinski definition) is 0. The van der Waals surface area contributed by atoms with Crippen LogP contribution in [0.3, 0.4) is 0 Å². The molecule has 0 radical (unpaired) electrons. The van der Waals surface area contributed by atoms with Crippen LogP contribution in [0.25, 0.3) is 0 Å². The van der Waals surface area contributed by atoms with Crippen LogP contribution in [0.1, 0.15) is 33.7 Å². The van der Waals surface area contributed by atoms with Gasteiger partial charge < -0.3 is 0 Å². The van der Waals surface area contributed by atoms with Gasteiger partial charge in [0.1, 0.15) is 0 Å². The average Bonchev–Trinajstić information content (AvgIpc) is 2.53. The van der Waals surface area contributed by atoms with Crippen molar-refractivity contribution in [3.63, 3.8) is 0 Å². The maximum absolute atomic E-state index is 2.29. The lowest BCUT2D eigenvalue weighted by Gasteiger charge is -2.13. The van der Waals surface area contributed by atoms with Crippen molar-refractivity contribution in [3.8, 4) is 0 Å². The molecule has 0 amide bonds. The fourth-order valence-corrected chi connectivity index (χ4v) is 2.96. The Bertz CT molecular complexity index is 523. The number of aryl methyl sites for hydroxylation is 1. The minimum atomic E-state index is 0.589. The third-order valence-electron chi connectivity index (χ3n) is 3.82. The van der Waals surface area contributed by atoms with E-state index in [9.17, 15) is 0 Å². The minimum absolute atomic E-state index is 0.589. The maximum atomic E-state index is 2.29. The first-order valence-electron chi connectivity index (χ1n) is 5.91. The smallest absolute Gasteiger partial charge is 0.0135 e. The van der Waals surface area contributed by atoms with E-state index in [2.05, 4.69) is 56.3 Å². The van der Waals surface area contributed by atoms with Gasteiger partial charge in [-0.1, -0.05) is 42.5 Å². The summed E-state index contributed by atoms with van der Waals surface area (Å²) in [7, 11) is 0. The number of benzene rings is 2. The van der Waals surface area contributed by atoms with E-state index < -0.39 is 0 Å². The zero-order chi connectivity index (χ0) is 11.1. The Hall–Kier alpha value is -1.56. The molecule has 0 saturated heterocycles. The summed E-state index contributed by atoms with van der Waals surface area (Å²) >= 11 is 0. The van der Waals surface area contributed by atoms with Gasteiger partial charge in [-0.25, -0.2) is 0 Å². The van der Waals surface area contributed by atoms with Crippen LogP contribution in [0.2, 0.25) is 0 Å². The van der Waals surface area contributed by atoms with Crippen molar-refractivity contribution in [2.75, 3.05) is 0 Å². The fourth-order valence-electron chi connectivity index (χ4n) is 2.96. The molecule has 2 aromatic carbocycles. The topological polar surface area (TPSA) is 0 Å². The Kier molecular flexibility index (Phi) is 2.10. The van der Waals surface area contributed by atoms with E-state index in [4.69, 9.17) is 0 Å². The van der Waals surface area contributed by atoms with Crippen LogP contribution < -0.4 is 0 Å². The van der Waals surface area contributed by atoms with Gasteiger partial charge in [0.2, 0.25) is 0 Å². The Morgan fingerprint density at radius 2 is 1.69 bits per heavy atom. The van der Waals surface area contributed by atoms with Gasteiger partial charge in [0, 0.05) is 5.92 Å². The monoisotopic (exact) mass is 208 g/mol. The predicted molar refractivity (Wildman–Crippen MR) is 67.9 cm³/mol. The first-order valence-corrected chi connectivity index (χ1v) is 5.91. The molecule has 1 atom stereocenters. The lowest BCUT2D eigenvalue weighted by molar-refractivity contribution is 0.846. The Balaban J connectivity index is 2.13. The van der Waals surface area contributed by atoms with Gasteiger partial charge in [0.05, 0.1) is 0 Å². The van der Waals surface area contributed by atoms with Gasteiger partial charge in [-0.15, -0.1) is 0 Å². The molecule has 0 heterocycles. The van der Waals surface area contributed by atoms with Crippen LogP contribution in [0, 0.1) is 13.8 Å². The molecule has 16 heavy (non-hydrogen) atoms. The maximum Gasteiger partial charge on any atom is 0.0135 e. The van der Waals surface area contributed by atoms with Crippen molar-refractivity contribution < 1.29 is 0 Å². The largest absolute Gasteiger partial charge is 0.0622 e. The van der Waals surface area contributed by atoms with Crippen molar-refractivity contribution in [3.05, 3.63) is 70.3 Å². The summed E-state index contributed by atoms with van der Waals surface area (Å²) in [4.78, 5) is 0. The number of fused-ring (bicyclic) bond motifs is 2. The van der Waals surface area contributed by atoms with Crippen molar-refractivity contribution >= 4 is 0 Å². The van der Waals surface area contributed by atoms with Crippen LogP contribution in [0.5, 0.6) is 0 Å². The summed E-state index contributed by atoms with van der Waals surface area (Å²) in [6.07, 6.45) is 1.18. The summed E-state index contributed by atoms with van der Waals surface area (Å²) in [6, 6.07) is 15.4. The second-order valence-corrected chi connectivity index (χ2v) is 4.75. The molecular formula is C16H16. The summed E-state index contributed by atoms with van der Waals surface area (Å²) in [6.45, 7) is 4.49. The third-order valence-corrected chi connectivity index (χ3v) is 3.82. The lowest BCUT2D eigenvalue weighted by atomic mass is 9.91. The Morgan fingerprint density at radius 3 is 2.44 bits per heavy atom. The zero-order valence-electron chi connectivity index (χ0n) is 9.83. The summed E-state index contributed by atoms with van der Waals surface area (Å²) < 4.78 is 0. The van der Waals surface area contributed by atoms with Crippen molar-refractivity contribution in [1.82, 2.24) is 0 Å². The van der Waals surface area contributed by atoms with Gasteiger partial charge in [-0.2, -0.15) is 0 Å². The van der Waals surface area contributed by atoms with Crippen LogP contribution in [0.4, 0.5) is 0 Å². The molecule has 2 aromatic rings. The molecule has 1 aliphatic rings. The first-order chi connectivity index (χ1) is 7.77. The molecule has 80 valence electrons. The lowest BCUT2D eigenvalue weighted by Crippen LogP contribution is -1.99. The van der Waals surface area contributed by atoms with Gasteiger partial charge in [0.15, 0.2) is 0 Å². The van der Waals surface area contributed by atoms with Gasteiger partial charge >= 0.3 is 0 Å². The third kappa shape index (κ3) is 1.30. The predicted octanol–water partition coefficient (Wildman–Crippen LogP) is 3.99. The molecular weight excluding hydrogens is 192 g/mol. The van der Waals surface area contributed by atoms with E-state index in [0.717, 1.165) is 0 Å². The molecule has 0 aromatic heterocycles. The highest BCUT2D eigenvalue weighted by Crippen LogP contribution is 2.40. The molecule has 0 fully saturated rings. The molecule has 0 heteroatoms. The number of rotatable bonds is 1. The van der Waals surface area contributed by atoms with E-state index in [1.54, 1.807) is 5.56 Å². The van der Waals surface area contributed by atoms with E-state index in [1.807, 2.05) is 0 Å². The summed E-state index contributed by atoms with van der Waals surface area (Å²) in [5.74, 6) is 0.589. The van der Waals surface area contributed by atoms with Crippen molar-refractivity contribution in [2.24, 2.45) is 0 Å². The summed E-state index contributed by atoms with van der Waals surface area (Å²) in [5, 5.41) is 0. The molecule has 0 N–H and O–H groups in total. The highest BCUT2D eigenvalue weighted by molar-refractivity contribution is 5.52. The van der Waals surface area contributed by atoms with Crippen molar-refractivity contribution in [2.45, 2.75) is 26.2 Å². The molecule has 2 bridgehead atoms. The van der Waals surface area contributed by atoms with E-state index in [1.165, 1.54) is 28.7 Å². The molecule has 0 spiro atoms. The zero-order valence-corrected chi connectivity index (χ0v) is 9.83. The highest BCUT2D eigenvalue weighted by Gasteiger charge is 2.26. The summed E-state index contributed by atoms with van der Waals surface area (Å²) in [5.41, 5.74) is 7.48. The molecule has 0 saturated carbocycles. The standard InChI is InChI=1S/C16H16/c1-11-8-9-14-10-15(16(11)12(14)2)13-6-4-3-5-7-13/h3-9,15H,10H2,1-2H3. The number of hydrogen-bond donors (Lipinski definition) is 0. The average molecular weight is 208 g/mol. The molecule has 3 rings (SSSR count). The quantitative estimate of drug-likeness (QED) is 0.664. The van der Waals surface area contributed by atoms with Gasteiger partial charge in [-0.3, -0.25) is 0 Å². The SMILES string of the molecule is Cc1ccc2c(C)c1C(c1ccccc1)C2. The molecule has 0 aliphatic heterocycles. The normalized spacial score (nSPS) is 17.8. The second kappa shape index (κ2) is 3.48. The van der Waals surface area contributed by atoms with Gasteiger partial charge in [0.25, 0.3) is 0 Å². The van der Waals surface area contributed by atoms with Crippen LogP contribution >= 0.6 is 0 Å². The van der Waals surface area contributed by atoms with E-state index in [-0.39, 0.29) is 0 Å². The fraction of sp³-hybridized carbons (Fsp3) is 0.250. The molecule has 0 nitrogen and oxygen atoms in total. The van der Waals surface area contributed by atoms with Crippen LogP contribution in [0.15, 0.2) is 42.5 Å². The van der Waals surface area contributed by atoms with Crippen LogP contribution in [-0.4, -0.2) is 0 Å². The first kappa shape index (κ1) is 9.65. The Labute approximate surface area is 96.9 Å². The van der Waals surface area contributed by atoms with Crippen molar-refractivity contribution in [1.29, 1.82) is 0 Å². The highest BCUT2D eigenvalue weighted by atomic mass is 14.3. The second-order valence-electron chi connectivity index (χ2n) is 4.75. The minimum Gasteiger partial charge on any atom is -0.0622 e. The molecule has 1 aliphatic carbocycles. The van der Waals surface area contributed by atoms with E-state index >= 15 is 0 Å². The molecule has 1 unspecified atom stereocenters. The van der Waals surface area contributed by atoms with E-state index in [0.29, 0.717) is 5.92 Å². The van der Waals surface area contributed by atoms with Crippen LogP contribution in [-0.2, 0) is 6.42 Å². The van der Waals surface area contributed by atoms with Gasteiger partial charge in [-0.05, 0) is 48.1 Å².